The third kappa shape index (κ3) is 5.20. The van der Waals surface area contributed by atoms with Gasteiger partial charge in [-0.2, -0.15) is 0 Å². The zero-order chi connectivity index (χ0) is 18.3. The number of hydrogen-bond donors (Lipinski definition) is 2. The molecule has 2 aromatic carbocycles. The maximum absolute atomic E-state index is 12.4. The van der Waals surface area contributed by atoms with Gasteiger partial charge in [-0.1, -0.05) is 30.3 Å². The van der Waals surface area contributed by atoms with Crippen LogP contribution in [0.2, 0.25) is 0 Å². The smallest absolute Gasteiger partial charge is 0.244 e. The van der Waals surface area contributed by atoms with E-state index in [2.05, 4.69) is 10.0 Å². The lowest BCUT2D eigenvalue weighted by Gasteiger charge is -2.12. The van der Waals surface area contributed by atoms with Crippen molar-refractivity contribution < 1.29 is 22.7 Å². The topological polar surface area (TPSA) is 93.7 Å². The molecule has 0 heterocycles. The van der Waals surface area contributed by atoms with Gasteiger partial charge in [0.2, 0.25) is 15.9 Å². The maximum atomic E-state index is 12.4. The van der Waals surface area contributed by atoms with E-state index in [1.165, 1.54) is 32.4 Å². The van der Waals surface area contributed by atoms with Gasteiger partial charge in [-0.05, 0) is 17.7 Å². The van der Waals surface area contributed by atoms with Gasteiger partial charge in [-0.25, -0.2) is 13.1 Å². The zero-order valence-electron chi connectivity index (χ0n) is 14.0. The maximum Gasteiger partial charge on any atom is 0.244 e. The van der Waals surface area contributed by atoms with Gasteiger partial charge in [-0.15, -0.1) is 0 Å². The van der Waals surface area contributed by atoms with Crippen LogP contribution in [-0.4, -0.2) is 35.1 Å². The summed E-state index contributed by atoms with van der Waals surface area (Å²) >= 11 is 0. The fourth-order valence-electron chi connectivity index (χ4n) is 2.09. The Morgan fingerprint density at radius 1 is 1.04 bits per heavy atom. The van der Waals surface area contributed by atoms with Crippen LogP contribution in [0.3, 0.4) is 0 Å². The number of sulfonamides is 1. The average Bonchev–Trinajstić information content (AvgIpc) is 2.65. The molecule has 2 N–H and O–H groups in total. The van der Waals surface area contributed by atoms with Crippen LogP contribution in [0.5, 0.6) is 11.5 Å². The van der Waals surface area contributed by atoms with E-state index in [9.17, 15) is 13.2 Å². The van der Waals surface area contributed by atoms with Crippen molar-refractivity contribution >= 4 is 15.9 Å². The largest absolute Gasteiger partial charge is 0.497 e. The summed E-state index contributed by atoms with van der Waals surface area (Å²) in [7, 11) is -1.07. The summed E-state index contributed by atoms with van der Waals surface area (Å²) in [5.74, 6) is 0.174. The molecule has 0 unspecified atom stereocenters. The third-order valence-electron chi connectivity index (χ3n) is 3.42. The Hall–Kier alpha value is -2.58. The first kappa shape index (κ1) is 18.8. The van der Waals surface area contributed by atoms with Gasteiger partial charge in [0.25, 0.3) is 0 Å². The molecule has 0 fully saturated rings. The Balaban J connectivity index is 1.98. The van der Waals surface area contributed by atoms with Crippen LogP contribution in [0.25, 0.3) is 0 Å². The SMILES string of the molecule is COc1ccc(S(=O)(=O)NCC(=O)NCc2ccccc2)c(OC)c1. The van der Waals surface area contributed by atoms with Gasteiger partial charge in [0.1, 0.15) is 16.4 Å². The Labute approximate surface area is 147 Å². The highest BCUT2D eigenvalue weighted by Crippen LogP contribution is 2.28. The van der Waals surface area contributed by atoms with E-state index < -0.39 is 15.9 Å². The van der Waals surface area contributed by atoms with E-state index in [4.69, 9.17) is 9.47 Å². The molecule has 0 saturated carbocycles. The molecular formula is C17H20N2O5S. The van der Waals surface area contributed by atoms with E-state index in [0.29, 0.717) is 12.3 Å². The molecule has 0 aliphatic rings. The second-order valence-electron chi connectivity index (χ2n) is 5.10. The van der Waals surface area contributed by atoms with E-state index in [1.807, 2.05) is 30.3 Å². The van der Waals surface area contributed by atoms with Crippen LogP contribution in [0.15, 0.2) is 53.4 Å². The Bertz CT molecular complexity index is 822. The molecule has 0 radical (unpaired) electrons. The number of methoxy groups -OCH3 is 2. The molecule has 0 aliphatic carbocycles. The summed E-state index contributed by atoms with van der Waals surface area (Å²) in [6.45, 7) is -0.0440. The van der Waals surface area contributed by atoms with Crippen LogP contribution in [-0.2, 0) is 21.4 Å². The van der Waals surface area contributed by atoms with Gasteiger partial charge >= 0.3 is 0 Å². The lowest BCUT2D eigenvalue weighted by Crippen LogP contribution is -2.36. The third-order valence-corrected chi connectivity index (χ3v) is 4.86. The van der Waals surface area contributed by atoms with E-state index in [1.54, 1.807) is 0 Å². The van der Waals surface area contributed by atoms with Crippen LogP contribution < -0.4 is 19.5 Å². The van der Waals surface area contributed by atoms with Gasteiger partial charge in [0.15, 0.2) is 0 Å². The summed E-state index contributed by atoms with van der Waals surface area (Å²) in [5.41, 5.74) is 0.926. The Morgan fingerprint density at radius 3 is 2.40 bits per heavy atom. The fraction of sp³-hybridized carbons (Fsp3) is 0.235. The minimum absolute atomic E-state index is 0.0633. The van der Waals surface area contributed by atoms with Crippen molar-refractivity contribution in [2.24, 2.45) is 0 Å². The number of benzene rings is 2. The molecule has 25 heavy (non-hydrogen) atoms. The second-order valence-corrected chi connectivity index (χ2v) is 6.84. The standard InChI is InChI=1S/C17H20N2O5S/c1-23-14-8-9-16(15(10-14)24-2)25(21,22)19-12-17(20)18-11-13-6-4-3-5-7-13/h3-10,19H,11-12H2,1-2H3,(H,18,20). The molecular weight excluding hydrogens is 344 g/mol. The monoisotopic (exact) mass is 364 g/mol. The number of carbonyl (C=O) groups excluding carboxylic acids is 1. The van der Waals surface area contributed by atoms with E-state index in [0.717, 1.165) is 5.56 Å². The molecule has 0 saturated heterocycles. The van der Waals surface area contributed by atoms with Crippen LogP contribution in [0.1, 0.15) is 5.56 Å². The molecule has 2 aromatic rings. The van der Waals surface area contributed by atoms with Crippen LogP contribution in [0, 0.1) is 0 Å². The number of amides is 1. The average molecular weight is 364 g/mol. The molecule has 1 amide bonds. The fourth-order valence-corrected chi connectivity index (χ4v) is 3.23. The molecule has 0 aliphatic heterocycles. The highest BCUT2D eigenvalue weighted by Gasteiger charge is 2.20. The van der Waals surface area contributed by atoms with Crippen molar-refractivity contribution in [3.8, 4) is 11.5 Å². The number of hydrogen-bond acceptors (Lipinski definition) is 5. The minimum Gasteiger partial charge on any atom is -0.497 e. The van der Waals surface area contributed by atoms with Crippen molar-refractivity contribution in [2.75, 3.05) is 20.8 Å². The molecule has 8 heteroatoms. The lowest BCUT2D eigenvalue weighted by molar-refractivity contribution is -0.120. The predicted molar refractivity (Wildman–Crippen MR) is 93.0 cm³/mol. The Kier molecular flexibility index (Phi) is 6.37. The summed E-state index contributed by atoms with van der Waals surface area (Å²) in [6, 6.07) is 13.7. The second kappa shape index (κ2) is 8.50. The summed E-state index contributed by atoms with van der Waals surface area (Å²) in [4.78, 5) is 11.8. The summed E-state index contributed by atoms with van der Waals surface area (Å²) in [5, 5.41) is 2.65. The van der Waals surface area contributed by atoms with Crippen LogP contribution >= 0.6 is 0 Å². The molecule has 0 atom stereocenters. The summed E-state index contributed by atoms with van der Waals surface area (Å²) < 4.78 is 37.1. The highest BCUT2D eigenvalue weighted by atomic mass is 32.2. The van der Waals surface area contributed by atoms with E-state index >= 15 is 0 Å². The minimum atomic E-state index is -3.90. The molecule has 7 nitrogen and oxygen atoms in total. The van der Waals surface area contributed by atoms with Crippen molar-refractivity contribution in [1.82, 2.24) is 10.0 Å². The van der Waals surface area contributed by atoms with Crippen LogP contribution in [0.4, 0.5) is 0 Å². The quantitative estimate of drug-likeness (QED) is 0.736. The first-order valence-electron chi connectivity index (χ1n) is 7.48. The van der Waals surface area contributed by atoms with Gasteiger partial charge < -0.3 is 14.8 Å². The first-order chi connectivity index (χ1) is 12.0. The van der Waals surface area contributed by atoms with Crippen molar-refractivity contribution in [2.45, 2.75) is 11.4 Å². The normalized spacial score (nSPS) is 11.0. The van der Waals surface area contributed by atoms with Crippen molar-refractivity contribution in [3.05, 3.63) is 54.1 Å². The zero-order valence-corrected chi connectivity index (χ0v) is 14.8. The molecule has 0 spiro atoms. The number of carbonyl (C=O) groups is 1. The molecule has 2 rings (SSSR count). The number of ether oxygens (including phenoxy) is 2. The summed E-state index contributed by atoms with van der Waals surface area (Å²) in [6.07, 6.45) is 0. The number of rotatable bonds is 8. The van der Waals surface area contributed by atoms with E-state index in [-0.39, 0.29) is 17.2 Å². The molecule has 134 valence electrons. The lowest BCUT2D eigenvalue weighted by atomic mass is 10.2. The Morgan fingerprint density at radius 2 is 1.76 bits per heavy atom. The van der Waals surface area contributed by atoms with Gasteiger partial charge in [0, 0.05) is 12.6 Å². The van der Waals surface area contributed by atoms with Gasteiger partial charge in [-0.3, -0.25) is 4.79 Å². The first-order valence-corrected chi connectivity index (χ1v) is 8.97. The molecule has 0 bridgehead atoms. The molecule has 0 aromatic heterocycles. The predicted octanol–water partition coefficient (Wildman–Crippen LogP) is 1.30. The van der Waals surface area contributed by atoms with Gasteiger partial charge in [0.05, 0.1) is 20.8 Å². The highest BCUT2D eigenvalue weighted by molar-refractivity contribution is 7.89. The van der Waals surface area contributed by atoms with Crippen molar-refractivity contribution in [3.63, 3.8) is 0 Å². The number of nitrogens with one attached hydrogen (secondary N) is 2. The van der Waals surface area contributed by atoms with Crippen molar-refractivity contribution in [1.29, 1.82) is 0 Å².